The van der Waals surface area contributed by atoms with Gasteiger partial charge in [0.15, 0.2) is 0 Å². The Labute approximate surface area is 597 Å². The van der Waals surface area contributed by atoms with Crippen LogP contribution in [0.4, 0.5) is 17.1 Å². The Morgan fingerprint density at radius 1 is 0.386 bits per heavy atom. The van der Waals surface area contributed by atoms with Crippen LogP contribution in [0.25, 0.3) is 0 Å². The number of amides is 9. The van der Waals surface area contributed by atoms with E-state index in [1.165, 1.54) is 21.1 Å². The standard InChI is InChI=1S/C47H54I9N9O18/c1-47(14-57-41(78)23-29(48)26(44(81)63(2)5-17(72)8-66)35(54)38(32(23)51)60-20(75)11-69,15-58-42(79)24-30(49)27(45(82)64(3)6-18(73)9-67)36(55)39(33(24)52)61-21(76)12-70)16-59-43(80)25-31(50)28(46(83)65(4)7-19(74)10-68)37(56)40(34(25)53)62-22(77)13-71/h17-19,66-74H,5-16H2,1-4H3,(H,57,78)(H,58,79)(H,59,80)(H,60,75)(H,61,76)(H,62,77). The topological polar surface area (TPSA) is 418 Å². The molecule has 36 heteroatoms. The molecule has 0 aromatic heterocycles. The van der Waals surface area contributed by atoms with Crippen LogP contribution in [-0.2, 0) is 14.4 Å². The van der Waals surface area contributed by atoms with Crippen molar-refractivity contribution >= 4 is 274 Å². The van der Waals surface area contributed by atoms with E-state index in [0.717, 1.165) is 14.7 Å². The third-order valence-electron chi connectivity index (χ3n) is 11.7. The summed E-state index contributed by atoms with van der Waals surface area (Å²) in [4.78, 5) is 128. The largest absolute Gasteiger partial charge is 0.394 e. The fourth-order valence-electron chi connectivity index (χ4n) is 7.30. The van der Waals surface area contributed by atoms with Crippen LogP contribution in [0.15, 0.2) is 0 Å². The lowest BCUT2D eigenvalue weighted by atomic mass is 9.89. The summed E-state index contributed by atoms with van der Waals surface area (Å²) in [6, 6.07) is 0. The first-order valence-corrected chi connectivity index (χ1v) is 33.3. The smallest absolute Gasteiger partial charge is 0.255 e. The van der Waals surface area contributed by atoms with Crippen LogP contribution in [0.3, 0.4) is 0 Å². The van der Waals surface area contributed by atoms with E-state index in [9.17, 15) is 89.1 Å². The van der Waals surface area contributed by atoms with E-state index in [0.29, 0.717) is 0 Å². The van der Waals surface area contributed by atoms with Crippen molar-refractivity contribution < 1.29 is 89.1 Å². The van der Waals surface area contributed by atoms with Crippen molar-refractivity contribution in [3.63, 3.8) is 0 Å². The number of carbonyl (C=O) groups is 9. The third-order valence-corrected chi connectivity index (χ3v) is 21.4. The minimum atomic E-state index is -1.49. The molecule has 3 unspecified atom stereocenters. The Morgan fingerprint density at radius 3 is 0.783 bits per heavy atom. The van der Waals surface area contributed by atoms with E-state index < -0.39 is 136 Å². The highest BCUT2D eigenvalue weighted by atomic mass is 127. The summed E-state index contributed by atoms with van der Waals surface area (Å²) >= 11 is 16.0. The zero-order chi connectivity index (χ0) is 63.3. The molecular formula is C47H54I9N9O18. The van der Waals surface area contributed by atoms with Gasteiger partial charge in [0.2, 0.25) is 17.7 Å². The summed E-state index contributed by atoms with van der Waals surface area (Å²) in [5.41, 5.74) is -2.37. The third kappa shape index (κ3) is 19.6. The van der Waals surface area contributed by atoms with Crippen molar-refractivity contribution in [3.8, 4) is 0 Å². The number of aliphatic hydroxyl groups is 9. The molecule has 0 heterocycles. The van der Waals surface area contributed by atoms with Crippen LogP contribution in [0.1, 0.15) is 69.1 Å². The second-order valence-corrected chi connectivity index (χ2v) is 28.0. The number of halogens is 9. The Bertz CT molecular complexity index is 2730. The molecule has 0 aliphatic rings. The van der Waals surface area contributed by atoms with Crippen molar-refractivity contribution in [1.29, 1.82) is 0 Å². The summed E-state index contributed by atoms with van der Waals surface area (Å²) in [6.07, 6.45) is -4.03. The molecule has 0 spiro atoms. The number of carbonyl (C=O) groups excluding carboxylic acids is 9. The molecule has 458 valence electrons. The van der Waals surface area contributed by atoms with E-state index >= 15 is 0 Å². The molecule has 0 radical (unpaired) electrons. The summed E-state index contributed by atoms with van der Waals surface area (Å²) in [5.74, 6) is -7.48. The molecule has 3 aromatic carbocycles. The van der Waals surface area contributed by atoms with Gasteiger partial charge in [0.25, 0.3) is 35.4 Å². The van der Waals surface area contributed by atoms with Gasteiger partial charge in [0, 0.05) is 76.5 Å². The number of nitrogens with one attached hydrogen (secondary N) is 6. The minimum Gasteiger partial charge on any atom is -0.394 e. The average molecular weight is 2180 g/mol. The van der Waals surface area contributed by atoms with Gasteiger partial charge in [-0.1, -0.05) is 6.92 Å². The van der Waals surface area contributed by atoms with Gasteiger partial charge < -0.3 is 92.6 Å². The maximum absolute atomic E-state index is 14.8. The molecule has 0 fully saturated rings. The van der Waals surface area contributed by atoms with Crippen molar-refractivity contribution in [2.24, 2.45) is 5.41 Å². The van der Waals surface area contributed by atoms with Gasteiger partial charge in [0.05, 0.1) is 110 Å². The lowest BCUT2D eigenvalue weighted by Gasteiger charge is -2.31. The fraction of sp³-hybridized carbons (Fsp3) is 0.426. The van der Waals surface area contributed by atoms with Crippen molar-refractivity contribution in [1.82, 2.24) is 30.7 Å². The van der Waals surface area contributed by atoms with Crippen LogP contribution >= 0.6 is 203 Å². The van der Waals surface area contributed by atoms with Crippen LogP contribution in [0.5, 0.6) is 0 Å². The van der Waals surface area contributed by atoms with E-state index in [1.54, 1.807) is 210 Å². The van der Waals surface area contributed by atoms with Gasteiger partial charge in [-0.2, -0.15) is 0 Å². The summed E-state index contributed by atoms with van der Waals surface area (Å²) in [6.45, 7) is -5.77. The molecule has 0 saturated heterocycles. The highest BCUT2D eigenvalue weighted by Gasteiger charge is 2.37. The molecular weight excluding hydrogens is 2120 g/mol. The molecule has 3 atom stereocenters. The number of benzene rings is 3. The first kappa shape index (κ1) is 76.3. The maximum Gasteiger partial charge on any atom is 0.255 e. The molecule has 3 rings (SSSR count). The van der Waals surface area contributed by atoms with Crippen LogP contribution in [0.2, 0.25) is 0 Å². The fourth-order valence-corrected chi connectivity index (χ4v) is 20.5. The van der Waals surface area contributed by atoms with Gasteiger partial charge >= 0.3 is 0 Å². The molecule has 0 aliphatic carbocycles. The normalized spacial score (nSPS) is 12.9. The molecule has 0 saturated carbocycles. The predicted octanol–water partition coefficient (Wildman–Crippen LogP) is 0.792. The zero-order valence-electron chi connectivity index (χ0n) is 43.7. The Kier molecular flexibility index (Phi) is 32.1. The Hall–Kier alpha value is -0.900. The van der Waals surface area contributed by atoms with Gasteiger partial charge in [0.1, 0.15) is 19.8 Å². The second-order valence-electron chi connectivity index (χ2n) is 18.2. The minimum absolute atomic E-state index is 0.0349. The lowest BCUT2D eigenvalue weighted by molar-refractivity contribution is -0.119. The summed E-state index contributed by atoms with van der Waals surface area (Å²) in [7, 11) is 4.01. The number of hydrogen-bond donors (Lipinski definition) is 15. The van der Waals surface area contributed by atoms with E-state index in [2.05, 4.69) is 31.9 Å². The Balaban J connectivity index is 2.35. The molecule has 0 bridgehead atoms. The first-order valence-electron chi connectivity index (χ1n) is 23.6. The molecule has 27 nitrogen and oxygen atoms in total. The molecule has 83 heavy (non-hydrogen) atoms. The van der Waals surface area contributed by atoms with Crippen LogP contribution in [0, 0.1) is 37.5 Å². The number of aliphatic hydroxyl groups excluding tert-OH is 9. The average Bonchev–Trinajstić information content (AvgIpc) is 3.65. The first-order chi connectivity index (χ1) is 38.7. The monoisotopic (exact) mass is 2170 g/mol. The van der Waals surface area contributed by atoms with Crippen molar-refractivity contribution in [2.45, 2.75) is 25.2 Å². The highest BCUT2D eigenvalue weighted by Crippen LogP contribution is 2.40. The zero-order valence-corrected chi connectivity index (χ0v) is 63.1. The van der Waals surface area contributed by atoms with E-state index in [-0.39, 0.29) is 102 Å². The number of nitrogens with zero attached hydrogens (tertiary/aromatic N) is 3. The number of anilines is 3. The molecule has 15 N–H and O–H groups in total. The summed E-state index contributed by atoms with van der Waals surface area (Å²) < 4.78 is 0.973. The van der Waals surface area contributed by atoms with Gasteiger partial charge in [-0.05, 0) is 203 Å². The summed E-state index contributed by atoms with van der Waals surface area (Å²) in [5, 5.41) is 104. The van der Waals surface area contributed by atoms with Crippen LogP contribution < -0.4 is 31.9 Å². The Morgan fingerprint density at radius 2 is 0.590 bits per heavy atom. The second kappa shape index (κ2) is 34.9. The van der Waals surface area contributed by atoms with Crippen LogP contribution in [-0.4, -0.2) is 232 Å². The van der Waals surface area contributed by atoms with E-state index in [4.69, 9.17) is 0 Å². The number of rotatable bonds is 27. The van der Waals surface area contributed by atoms with E-state index in [1.807, 2.05) is 0 Å². The molecule has 0 aliphatic heterocycles. The van der Waals surface area contributed by atoms with Gasteiger partial charge in [-0.25, -0.2) is 0 Å². The lowest BCUT2D eigenvalue weighted by Crippen LogP contribution is -2.50. The van der Waals surface area contributed by atoms with Gasteiger partial charge in [-0.15, -0.1) is 0 Å². The molecule has 3 aromatic rings. The van der Waals surface area contributed by atoms with Gasteiger partial charge in [-0.3, -0.25) is 43.2 Å². The highest BCUT2D eigenvalue weighted by molar-refractivity contribution is 14.1. The number of likely N-dealkylation sites (N-methyl/N-ethyl adjacent to an activating group) is 3. The quantitative estimate of drug-likeness (QED) is 0.0469. The van der Waals surface area contributed by atoms with Crippen molar-refractivity contribution in [3.05, 3.63) is 65.5 Å². The molecule has 9 amide bonds. The van der Waals surface area contributed by atoms with Crippen molar-refractivity contribution in [2.75, 3.05) is 116 Å². The SMILES string of the molecule is CN(CC(O)CO)C(=O)c1c(I)c(NC(=O)CO)c(I)c(C(=O)NCC(C)(CNC(=O)c2c(I)c(NC(=O)CO)c(I)c(C(=O)N(C)CC(O)CO)c2I)CNC(=O)c2c(I)c(NC(=O)CO)c(I)c(C(=O)N(C)CC(O)CO)c2I)c1I. The maximum atomic E-state index is 14.8. The number of hydrogen-bond acceptors (Lipinski definition) is 18. The predicted molar refractivity (Wildman–Crippen MR) is 376 cm³/mol.